The molecule has 0 saturated heterocycles. The Morgan fingerprint density at radius 1 is 0.688 bits per heavy atom. The summed E-state index contributed by atoms with van der Waals surface area (Å²) in [5.41, 5.74) is 10.6. The monoisotopic (exact) mass is 438 g/mol. The molecule has 0 heterocycles. The van der Waals surface area contributed by atoms with Crippen molar-refractivity contribution in [2.24, 2.45) is 0 Å². The van der Waals surface area contributed by atoms with E-state index < -0.39 is 0 Å². The standard InChI is InChI=1S/C16H15Si.C14H11.Mg/c1-17(2)11-12-9-14-8-7-13-5-3-4-6-15(13)16(14)10-12;1-10-8-12-7-6-11-4-2-3-5-13(11)14(12)9-10;/h3-8,11H,9H2,1-2H3;2-7H,8H2,1H3;/q2*-1;+2. The van der Waals surface area contributed by atoms with Crippen LogP contribution < -0.4 is 0 Å². The molecule has 4 aromatic rings. The van der Waals surface area contributed by atoms with Crippen LogP contribution in [0, 0.1) is 12.2 Å². The quantitative estimate of drug-likeness (QED) is 0.228. The summed E-state index contributed by atoms with van der Waals surface area (Å²) in [5, 5.41) is 5.31. The van der Waals surface area contributed by atoms with Crippen LogP contribution in [0.5, 0.6) is 0 Å². The van der Waals surface area contributed by atoms with Gasteiger partial charge in [0.1, 0.15) is 0 Å². The van der Waals surface area contributed by atoms with Gasteiger partial charge in [0.25, 0.3) is 0 Å². The maximum Gasteiger partial charge on any atom is 2.00 e. The smallest absolute Gasteiger partial charge is 0.182 e. The summed E-state index contributed by atoms with van der Waals surface area (Å²) in [7, 11) is -0.312. The van der Waals surface area contributed by atoms with Crippen LogP contribution in [0.2, 0.25) is 13.1 Å². The predicted octanol–water partition coefficient (Wildman–Crippen LogP) is 6.72. The van der Waals surface area contributed by atoms with Crippen molar-refractivity contribution in [2.45, 2.75) is 32.9 Å². The van der Waals surface area contributed by atoms with E-state index in [0.29, 0.717) is 0 Å². The van der Waals surface area contributed by atoms with E-state index in [0.717, 1.165) is 12.8 Å². The summed E-state index contributed by atoms with van der Waals surface area (Å²) >= 11 is 0. The minimum Gasteiger partial charge on any atom is -0.182 e. The van der Waals surface area contributed by atoms with Crippen molar-refractivity contribution < 1.29 is 0 Å². The van der Waals surface area contributed by atoms with Gasteiger partial charge >= 0.3 is 23.1 Å². The summed E-state index contributed by atoms with van der Waals surface area (Å²) in [4.78, 5) is 0. The summed E-state index contributed by atoms with van der Waals surface area (Å²) in [6.45, 7) is 6.79. The Morgan fingerprint density at radius 2 is 1.22 bits per heavy atom. The molecular formula is C30H26MgSi. The van der Waals surface area contributed by atoms with Crippen LogP contribution in [0.15, 0.2) is 83.9 Å². The molecule has 6 rings (SSSR count). The van der Waals surface area contributed by atoms with Gasteiger partial charge in [-0.1, -0.05) is 104 Å². The van der Waals surface area contributed by atoms with Gasteiger partial charge in [0, 0.05) is 0 Å². The molecule has 0 saturated carbocycles. The Hall–Kier alpha value is -2.27. The van der Waals surface area contributed by atoms with E-state index in [9.17, 15) is 0 Å². The molecule has 0 fully saturated rings. The van der Waals surface area contributed by atoms with Crippen LogP contribution in [0.3, 0.4) is 0 Å². The largest absolute Gasteiger partial charge is 2.00 e. The molecule has 4 aromatic carbocycles. The van der Waals surface area contributed by atoms with E-state index in [1.54, 1.807) is 0 Å². The fourth-order valence-corrected chi connectivity index (χ4v) is 5.48. The molecule has 0 amide bonds. The van der Waals surface area contributed by atoms with Crippen LogP contribution in [-0.2, 0) is 12.8 Å². The zero-order chi connectivity index (χ0) is 21.4. The van der Waals surface area contributed by atoms with E-state index in [2.05, 4.69) is 111 Å². The van der Waals surface area contributed by atoms with Crippen LogP contribution >= 0.6 is 0 Å². The second-order valence-electron chi connectivity index (χ2n) is 8.77. The van der Waals surface area contributed by atoms with Gasteiger partial charge in [-0.25, -0.2) is 0 Å². The Morgan fingerprint density at radius 3 is 1.81 bits per heavy atom. The first-order valence-electron chi connectivity index (χ1n) is 11.0. The van der Waals surface area contributed by atoms with E-state index in [4.69, 9.17) is 0 Å². The molecule has 2 heteroatoms. The van der Waals surface area contributed by atoms with Gasteiger partial charge in [-0.2, -0.15) is 11.6 Å². The number of rotatable bonds is 1. The van der Waals surface area contributed by atoms with Crippen LogP contribution in [0.25, 0.3) is 21.5 Å². The zero-order valence-electron chi connectivity index (χ0n) is 19.1. The summed E-state index contributed by atoms with van der Waals surface area (Å²) in [5.74, 6) is 0. The summed E-state index contributed by atoms with van der Waals surface area (Å²) in [6, 6.07) is 26.0. The Kier molecular flexibility index (Phi) is 6.94. The van der Waals surface area contributed by atoms with Gasteiger partial charge in [-0.3, -0.25) is 0 Å². The first-order chi connectivity index (χ1) is 15.1. The number of benzene rings is 4. The molecule has 2 aliphatic carbocycles. The van der Waals surface area contributed by atoms with E-state index in [-0.39, 0.29) is 31.5 Å². The number of allylic oxidation sites excluding steroid dienone is 2. The molecule has 2 aliphatic rings. The number of hydrogen-bond acceptors (Lipinski definition) is 0. The average Bonchev–Trinajstić information content (AvgIpc) is 3.36. The molecule has 32 heavy (non-hydrogen) atoms. The molecular weight excluding hydrogens is 413 g/mol. The van der Waals surface area contributed by atoms with Gasteiger partial charge in [-0.05, 0) is 8.41 Å². The number of hydrogen-bond donors (Lipinski definition) is 0. The normalized spacial score (nSPS) is 13.3. The molecule has 0 unspecified atom stereocenters. The van der Waals surface area contributed by atoms with Crippen LogP contribution in [-0.4, -0.2) is 37.1 Å². The first kappa shape index (κ1) is 22.9. The SMILES string of the molecule is CC1=[C-]c2c(ccc3ccccc23)C1.C[Si](C)=CC1=[C-]c2c(ccc3ccccc23)C1.[Mg+2]. The fraction of sp³-hybridized carbons (Fsp3) is 0.167. The topological polar surface area (TPSA) is 0 Å². The van der Waals surface area contributed by atoms with E-state index >= 15 is 0 Å². The van der Waals surface area contributed by atoms with Gasteiger partial charge in [0.2, 0.25) is 0 Å². The Balaban J connectivity index is 0.000000151. The minimum atomic E-state index is -0.312. The van der Waals surface area contributed by atoms with Crippen molar-refractivity contribution in [1.29, 1.82) is 0 Å². The molecule has 0 nitrogen and oxygen atoms in total. The van der Waals surface area contributed by atoms with Crippen molar-refractivity contribution >= 4 is 58.7 Å². The maximum atomic E-state index is 3.60. The molecule has 0 atom stereocenters. The molecule has 0 aliphatic heterocycles. The predicted molar refractivity (Wildman–Crippen MR) is 142 cm³/mol. The summed E-state index contributed by atoms with van der Waals surface area (Å²) < 4.78 is 0. The van der Waals surface area contributed by atoms with Crippen molar-refractivity contribution in [3.8, 4) is 0 Å². The fourth-order valence-electron chi connectivity index (χ4n) is 4.61. The first-order valence-corrected chi connectivity index (χ1v) is 13.5. The molecule has 0 aromatic heterocycles. The van der Waals surface area contributed by atoms with E-state index in [1.807, 2.05) is 0 Å². The van der Waals surface area contributed by atoms with Crippen molar-refractivity contribution in [3.05, 3.63) is 118 Å². The van der Waals surface area contributed by atoms with Crippen LogP contribution in [0.1, 0.15) is 29.2 Å². The van der Waals surface area contributed by atoms with E-state index in [1.165, 1.54) is 54.9 Å². The second kappa shape index (κ2) is 9.70. The van der Waals surface area contributed by atoms with Gasteiger partial charge in [-0.15, -0.1) is 63.2 Å². The molecule has 0 bridgehead atoms. The third kappa shape index (κ3) is 4.59. The molecule has 0 spiro atoms. The average molecular weight is 439 g/mol. The van der Waals surface area contributed by atoms with Crippen molar-refractivity contribution in [1.82, 2.24) is 0 Å². The Bertz CT molecular complexity index is 1400. The zero-order valence-corrected chi connectivity index (χ0v) is 21.5. The van der Waals surface area contributed by atoms with Gasteiger partial charge < -0.3 is 0 Å². The third-order valence-corrected chi connectivity index (χ3v) is 6.88. The third-order valence-electron chi connectivity index (χ3n) is 5.95. The molecule has 0 N–H and O–H groups in total. The maximum absolute atomic E-state index is 3.60. The van der Waals surface area contributed by atoms with Gasteiger partial charge in [0.05, 0.1) is 0 Å². The van der Waals surface area contributed by atoms with Crippen molar-refractivity contribution in [2.75, 3.05) is 0 Å². The Labute approximate surface area is 209 Å². The molecule has 152 valence electrons. The minimum absolute atomic E-state index is 0. The van der Waals surface area contributed by atoms with Gasteiger partial charge in [0.15, 0.2) is 0 Å². The molecule has 0 radical (unpaired) electrons. The number of fused-ring (bicyclic) bond motifs is 6. The second-order valence-corrected chi connectivity index (χ2v) is 11.2. The van der Waals surface area contributed by atoms with Crippen LogP contribution in [0.4, 0.5) is 0 Å². The van der Waals surface area contributed by atoms with Crippen molar-refractivity contribution in [3.63, 3.8) is 0 Å². The summed E-state index contributed by atoms with van der Waals surface area (Å²) in [6.07, 6.45) is 9.19.